The molecule has 0 aliphatic carbocycles. The van der Waals surface area contributed by atoms with Gasteiger partial charge in [0.1, 0.15) is 48.3 Å². The zero-order chi connectivity index (χ0) is 64.8. The Morgan fingerprint density at radius 1 is 0.693 bits per heavy atom. The number of hydrogen-bond acceptors (Lipinski definition) is 14. The smallest absolute Gasteiger partial charge is 0.334 e. The number of β-amino-alcohol motifs (C(OH)–C–C–N with tert-alkyl or cyclic N) is 1. The maximum Gasteiger partial charge on any atom is 0.334 e. The Morgan fingerprint density at radius 2 is 1.27 bits per heavy atom. The molecule has 10 atom stereocenters. The quantitative estimate of drug-likeness (QED) is 0.00856. The minimum absolute atomic E-state index is 0.00157. The lowest BCUT2D eigenvalue weighted by molar-refractivity contribution is -0.142. The molecule has 0 bridgehead atoms. The molecule has 2 heterocycles. The number of alkyl halides is 1. The summed E-state index contributed by atoms with van der Waals surface area (Å²) in [5.41, 5.74) is 18.3. The van der Waals surface area contributed by atoms with Crippen LogP contribution in [0.4, 0.5) is 4.79 Å². The lowest BCUT2D eigenvalue weighted by atomic mass is 10.0. The van der Waals surface area contributed by atoms with Crippen molar-refractivity contribution in [1.29, 1.82) is 5.41 Å². The molecule has 88 heavy (non-hydrogen) atoms. The molecule has 3 aromatic carbocycles. The van der Waals surface area contributed by atoms with Crippen molar-refractivity contribution < 1.29 is 63.0 Å². The van der Waals surface area contributed by atoms with E-state index in [4.69, 9.17) is 28.5 Å². The molecule has 0 saturated carbocycles. The number of nitrogens with two attached hydrogens (primary N) is 2. The summed E-state index contributed by atoms with van der Waals surface area (Å²) in [6.07, 6.45) is -1.47. The Hall–Kier alpha value is -9.35. The maximum absolute atomic E-state index is 14.1. The number of urea groups is 1. The predicted octanol–water partition coefficient (Wildman–Crippen LogP) is -2.34. The van der Waals surface area contributed by atoms with E-state index in [2.05, 4.69) is 63.7 Å². The molecule has 29 nitrogen and oxygen atoms in total. The van der Waals surface area contributed by atoms with Crippen molar-refractivity contribution in [3.05, 3.63) is 108 Å². The van der Waals surface area contributed by atoms with E-state index in [0.717, 1.165) is 22.7 Å². The zero-order valence-corrected chi connectivity index (χ0v) is 50.1. The number of fused-ring (bicyclic) bond motifs is 1. The van der Waals surface area contributed by atoms with Crippen molar-refractivity contribution in [1.82, 2.24) is 68.6 Å². The van der Waals surface area contributed by atoms with Crippen LogP contribution in [0.5, 0.6) is 0 Å². The minimum atomic E-state index is -2.15. The van der Waals surface area contributed by atoms with Crippen molar-refractivity contribution in [3.63, 3.8) is 0 Å². The van der Waals surface area contributed by atoms with Crippen LogP contribution in [0.25, 0.3) is 10.9 Å². The second-order valence-electron chi connectivity index (χ2n) is 21.8. The number of carbonyl (C=O) groups is 11. The summed E-state index contributed by atoms with van der Waals surface area (Å²) in [4.78, 5) is 153. The molecule has 0 unspecified atom stereocenters. The molecule has 1 aliphatic rings. The number of aromatic nitrogens is 1. The first-order valence-electron chi connectivity index (χ1n) is 28.4. The van der Waals surface area contributed by atoms with Gasteiger partial charge in [0.05, 0.1) is 19.1 Å². The summed E-state index contributed by atoms with van der Waals surface area (Å²) in [7, 11) is 1.54. The topological polar surface area (TPSA) is 455 Å². The third kappa shape index (κ3) is 21.6. The molecule has 476 valence electrons. The molecular weight excluding hydrogens is 1160 g/mol. The number of amides is 12. The Bertz CT molecular complexity index is 3130. The van der Waals surface area contributed by atoms with Crippen LogP contribution >= 0.6 is 11.6 Å². The summed E-state index contributed by atoms with van der Waals surface area (Å²) in [5, 5.41) is 51.2. The monoisotopic (exact) mass is 1240 g/mol. The van der Waals surface area contributed by atoms with Gasteiger partial charge in [-0.3, -0.25) is 58.8 Å². The number of primary amides is 2. The van der Waals surface area contributed by atoms with Gasteiger partial charge in [-0.05, 0) is 54.9 Å². The van der Waals surface area contributed by atoms with Crippen molar-refractivity contribution in [2.24, 2.45) is 17.4 Å². The number of nitrogens with zero attached hydrogens (tertiary/aromatic N) is 1. The number of aliphatic hydroxyl groups is 2. The SMILES string of the molecule is CNC(=N)NCCC[C@H](NC(=O)[C@H](CC(C)C)NC(=O)NNC(=O)[C@H](Cc1ccccc1)NC(=O)[C@@H](NC(=O)[C@H](CC(N)=O)NC(=O)[C@@H]1C[C@](O)(Cl)CN1C(=O)[C@H](Cc1ccccc1)NC(C)=O)[C@@H](C)O)C(=O)N[C@@H](Cc1c[nH]c2ccccc12)C(N)=O. The predicted molar refractivity (Wildman–Crippen MR) is 322 cm³/mol. The fourth-order valence-electron chi connectivity index (χ4n) is 9.73. The number of halogens is 1. The van der Waals surface area contributed by atoms with E-state index in [1.54, 1.807) is 80.7 Å². The second kappa shape index (κ2) is 33.0. The average Bonchev–Trinajstić information content (AvgIpc) is 2.82. The Labute approximate surface area is 512 Å². The molecule has 0 spiro atoms. The van der Waals surface area contributed by atoms with Gasteiger partial charge in [0.2, 0.25) is 53.2 Å². The summed E-state index contributed by atoms with van der Waals surface area (Å²) in [6, 6.07) is 11.0. The van der Waals surface area contributed by atoms with Crippen LogP contribution in [0, 0.1) is 11.3 Å². The number of hydrazine groups is 1. The number of likely N-dealkylation sites (tertiary alicyclic amines) is 1. The highest BCUT2D eigenvalue weighted by Gasteiger charge is 2.49. The van der Waals surface area contributed by atoms with Crippen molar-refractivity contribution in [2.45, 2.75) is 139 Å². The van der Waals surface area contributed by atoms with Gasteiger partial charge < -0.3 is 79.4 Å². The summed E-state index contributed by atoms with van der Waals surface area (Å²) >= 11 is 6.30. The van der Waals surface area contributed by atoms with Gasteiger partial charge in [-0.15, -0.1) is 0 Å². The second-order valence-corrected chi connectivity index (χ2v) is 22.5. The first-order valence-corrected chi connectivity index (χ1v) is 28.8. The Kier molecular flexibility index (Phi) is 26.0. The van der Waals surface area contributed by atoms with Gasteiger partial charge in [0.25, 0.3) is 5.91 Å². The van der Waals surface area contributed by atoms with Crippen LogP contribution in [0.15, 0.2) is 91.1 Å². The van der Waals surface area contributed by atoms with Gasteiger partial charge in [-0.1, -0.05) is 104 Å². The van der Waals surface area contributed by atoms with Crippen LogP contribution < -0.4 is 70.2 Å². The summed E-state index contributed by atoms with van der Waals surface area (Å²) in [6.45, 7) is 5.44. The van der Waals surface area contributed by atoms with E-state index in [9.17, 15) is 63.0 Å². The Balaban J connectivity index is 1.28. The molecule has 1 aliphatic heterocycles. The van der Waals surface area contributed by atoms with E-state index in [-0.39, 0.29) is 56.9 Å². The highest BCUT2D eigenvalue weighted by molar-refractivity contribution is 6.23. The Morgan fingerprint density at radius 3 is 1.86 bits per heavy atom. The van der Waals surface area contributed by atoms with Crippen molar-refractivity contribution in [2.75, 3.05) is 20.1 Å². The largest absolute Gasteiger partial charge is 0.391 e. The van der Waals surface area contributed by atoms with E-state index >= 15 is 0 Å². The number of nitrogens with one attached hydrogen (secondary N) is 13. The highest BCUT2D eigenvalue weighted by Crippen LogP contribution is 2.32. The lowest BCUT2D eigenvalue weighted by Crippen LogP contribution is -2.62. The van der Waals surface area contributed by atoms with E-state index in [1.165, 1.54) is 14.0 Å². The number of carbonyl (C=O) groups excluding carboxylic acids is 11. The number of rotatable bonds is 30. The number of para-hydroxylation sites is 1. The first-order chi connectivity index (χ1) is 41.6. The van der Waals surface area contributed by atoms with Crippen LogP contribution in [0.2, 0.25) is 0 Å². The molecule has 5 rings (SSSR count). The molecule has 1 saturated heterocycles. The molecule has 4 aromatic rings. The van der Waals surface area contributed by atoms with Gasteiger partial charge >= 0.3 is 6.03 Å². The highest BCUT2D eigenvalue weighted by atomic mass is 35.5. The zero-order valence-electron chi connectivity index (χ0n) is 49.4. The first kappa shape index (κ1) is 69.4. The number of aliphatic hydroxyl groups excluding tert-OH is 1. The maximum atomic E-state index is 14.1. The molecule has 0 radical (unpaired) electrons. The number of hydrogen-bond donors (Lipinski definition) is 17. The standard InChI is InChI=1S/C58H79ClN16O13/c1-31(2)23-41(50(81)67-39(21-14-22-64-56(62)63-5)49(80)68-40(48(61)79)26-36-29-65-38-20-13-12-19-37(36)38)71-57(87)74-73-52(83)42(24-34-15-8-6-9-16-34)70-54(85)47(32(3)76)72-51(82)43(27-46(60)78)69-53(84)45-28-58(59,88)30-75(45)55(86)44(66-33(4)77)25-35-17-10-7-11-18-35/h6-13,15-20,29,31-32,39-45,47,65,76,88H,14,21-28,30H2,1-5H3,(H2,60,78)(H2,61,79)(H,66,77)(H,67,81)(H,68,80)(H,69,84)(H,70,85)(H,72,82)(H,73,83)(H3,62,63,64)(H2,71,74,87)/t32-,39+,40+,41+,42+,43+,44+,45+,47+,58-/m1/s1. The van der Waals surface area contributed by atoms with E-state index in [1.807, 2.05) is 24.3 Å². The number of guanidine groups is 1. The average molecular weight is 1240 g/mol. The van der Waals surface area contributed by atoms with Gasteiger partial charge in [0.15, 0.2) is 11.0 Å². The summed E-state index contributed by atoms with van der Waals surface area (Å²) in [5.74, 6) is -9.69. The minimum Gasteiger partial charge on any atom is -0.391 e. The van der Waals surface area contributed by atoms with Crippen molar-refractivity contribution >= 4 is 93.6 Å². The summed E-state index contributed by atoms with van der Waals surface area (Å²) < 4.78 is 0. The molecule has 19 N–H and O–H groups in total. The molecule has 12 amide bonds. The van der Waals surface area contributed by atoms with Crippen molar-refractivity contribution in [3.8, 4) is 0 Å². The van der Waals surface area contributed by atoms with Crippen LogP contribution in [0.1, 0.15) is 76.5 Å². The van der Waals surface area contributed by atoms with Gasteiger partial charge in [0, 0.05) is 63.3 Å². The normalized spacial score (nSPS) is 17.2. The molecule has 1 aromatic heterocycles. The van der Waals surface area contributed by atoms with Crippen LogP contribution in [-0.4, -0.2) is 171 Å². The lowest BCUT2D eigenvalue weighted by Gasteiger charge is -2.30. The number of H-pyrrole nitrogens is 1. The number of benzene rings is 3. The molecule has 30 heteroatoms. The van der Waals surface area contributed by atoms with Gasteiger partial charge in [-0.2, -0.15) is 0 Å². The number of aromatic amines is 1. The molecule has 1 fully saturated rings. The fraction of sp³-hybridized carbons (Fsp3) is 0.448. The molecular formula is C58H79ClN16O13. The third-order valence-electron chi connectivity index (χ3n) is 14.1. The van der Waals surface area contributed by atoms with Crippen LogP contribution in [0.3, 0.4) is 0 Å². The fourth-order valence-corrected chi connectivity index (χ4v) is 10.0. The van der Waals surface area contributed by atoms with E-state index < -0.39 is 144 Å². The third-order valence-corrected chi connectivity index (χ3v) is 14.4. The van der Waals surface area contributed by atoms with Gasteiger partial charge in [-0.25, -0.2) is 10.2 Å². The van der Waals surface area contributed by atoms with Crippen LogP contribution in [-0.2, 0) is 67.2 Å². The van der Waals surface area contributed by atoms with E-state index in [0.29, 0.717) is 16.7 Å².